The lowest BCUT2D eigenvalue weighted by molar-refractivity contribution is -0.150. The zero-order chi connectivity index (χ0) is 12.5. The van der Waals surface area contributed by atoms with E-state index in [1.54, 1.807) is 30.3 Å². The predicted molar refractivity (Wildman–Crippen MR) is 60.3 cm³/mol. The molecule has 92 valence electrons. The van der Waals surface area contributed by atoms with Gasteiger partial charge in [0.2, 0.25) is 0 Å². The largest absolute Gasteiger partial charge is 0.479 e. The molecule has 0 aliphatic carbocycles. The Balaban J connectivity index is 2.47. The average Bonchev–Trinajstić information content (AvgIpc) is 2.28. The van der Waals surface area contributed by atoms with Gasteiger partial charge in [0.15, 0.2) is 15.9 Å². The Labute approximate surface area is 98.9 Å². The summed E-state index contributed by atoms with van der Waals surface area (Å²) in [7, 11) is -3.48. The van der Waals surface area contributed by atoms with Gasteiger partial charge in [-0.2, -0.15) is 0 Å². The Hall–Kier alpha value is -1.40. The van der Waals surface area contributed by atoms with Crippen LogP contribution in [0.3, 0.4) is 0 Å². The molecule has 0 saturated carbocycles. The van der Waals surface area contributed by atoms with Crippen LogP contribution in [0.15, 0.2) is 30.3 Å². The third-order valence-corrected chi connectivity index (χ3v) is 4.73. The molecule has 1 heterocycles. The monoisotopic (exact) mass is 256 g/mol. The summed E-state index contributed by atoms with van der Waals surface area (Å²) >= 11 is 0. The van der Waals surface area contributed by atoms with Gasteiger partial charge < -0.3 is 9.84 Å². The summed E-state index contributed by atoms with van der Waals surface area (Å²) in [5.74, 6) is -1.39. The van der Waals surface area contributed by atoms with Gasteiger partial charge in [-0.05, 0) is 5.56 Å². The number of sulfone groups is 1. The van der Waals surface area contributed by atoms with Crippen LogP contribution >= 0.6 is 0 Å². The van der Waals surface area contributed by atoms with Crippen LogP contribution in [0.2, 0.25) is 0 Å². The van der Waals surface area contributed by atoms with E-state index >= 15 is 0 Å². The summed E-state index contributed by atoms with van der Waals surface area (Å²) in [6, 6.07) is 8.31. The fraction of sp³-hybridized carbons (Fsp3) is 0.364. The number of hydrogen-bond donors (Lipinski definition) is 1. The minimum atomic E-state index is -3.48. The fourth-order valence-corrected chi connectivity index (χ4v) is 3.65. The maximum absolute atomic E-state index is 12.0. The molecule has 1 saturated heterocycles. The fourth-order valence-electron chi connectivity index (χ4n) is 1.92. The first-order valence-electron chi connectivity index (χ1n) is 5.13. The van der Waals surface area contributed by atoms with Gasteiger partial charge >= 0.3 is 5.97 Å². The van der Waals surface area contributed by atoms with E-state index in [9.17, 15) is 13.2 Å². The van der Waals surface area contributed by atoms with Gasteiger partial charge in [0.1, 0.15) is 5.25 Å². The lowest BCUT2D eigenvalue weighted by atomic mass is 10.1. The van der Waals surface area contributed by atoms with E-state index in [1.807, 2.05) is 0 Å². The van der Waals surface area contributed by atoms with Crippen LogP contribution in [0.25, 0.3) is 0 Å². The molecule has 2 atom stereocenters. The summed E-state index contributed by atoms with van der Waals surface area (Å²) in [6.07, 6.45) is -1.32. The molecule has 2 unspecified atom stereocenters. The molecule has 1 aromatic rings. The molecule has 1 N–H and O–H groups in total. The third kappa shape index (κ3) is 2.32. The van der Waals surface area contributed by atoms with Gasteiger partial charge in [-0.1, -0.05) is 30.3 Å². The number of aliphatic carboxylic acids is 1. The Morgan fingerprint density at radius 3 is 2.53 bits per heavy atom. The number of ether oxygens (including phenoxy) is 1. The number of carboxylic acids is 1. The van der Waals surface area contributed by atoms with Crippen molar-refractivity contribution in [1.82, 2.24) is 0 Å². The molecule has 1 aliphatic rings. The lowest BCUT2D eigenvalue weighted by Gasteiger charge is -2.28. The number of rotatable bonds is 2. The smallest absolute Gasteiger partial charge is 0.334 e. The van der Waals surface area contributed by atoms with Crippen LogP contribution in [0.4, 0.5) is 0 Å². The lowest BCUT2D eigenvalue weighted by Crippen LogP contribution is -2.42. The zero-order valence-corrected chi connectivity index (χ0v) is 9.76. The molecular formula is C11H12O5S. The SMILES string of the molecule is O=C(O)C1OCCS(=O)(=O)C1c1ccccc1. The quantitative estimate of drug-likeness (QED) is 0.839. The van der Waals surface area contributed by atoms with Gasteiger partial charge in [0.05, 0.1) is 12.4 Å². The summed E-state index contributed by atoms with van der Waals surface area (Å²) < 4.78 is 29.0. The molecule has 0 aromatic heterocycles. The Morgan fingerprint density at radius 2 is 1.94 bits per heavy atom. The summed E-state index contributed by atoms with van der Waals surface area (Å²) in [5, 5.41) is 7.90. The van der Waals surface area contributed by atoms with E-state index < -0.39 is 27.2 Å². The van der Waals surface area contributed by atoms with Gasteiger partial charge in [0.25, 0.3) is 0 Å². The van der Waals surface area contributed by atoms with E-state index in [1.165, 1.54) is 0 Å². The molecule has 0 bridgehead atoms. The minimum absolute atomic E-state index is 0.0668. The van der Waals surface area contributed by atoms with Crippen LogP contribution in [0.1, 0.15) is 10.8 Å². The van der Waals surface area contributed by atoms with Crippen LogP contribution in [-0.2, 0) is 19.4 Å². The predicted octanol–water partition coefficient (Wildman–Crippen LogP) is 0.626. The van der Waals surface area contributed by atoms with Crippen LogP contribution in [-0.4, -0.2) is 38.0 Å². The van der Waals surface area contributed by atoms with E-state index in [4.69, 9.17) is 9.84 Å². The van der Waals surface area contributed by atoms with Gasteiger partial charge in [-0.3, -0.25) is 0 Å². The van der Waals surface area contributed by atoms with Crippen molar-refractivity contribution in [3.05, 3.63) is 35.9 Å². The van der Waals surface area contributed by atoms with E-state index in [0.29, 0.717) is 5.56 Å². The molecule has 0 amide bonds. The Morgan fingerprint density at radius 1 is 1.29 bits per heavy atom. The molecule has 1 aromatic carbocycles. The first-order valence-corrected chi connectivity index (χ1v) is 6.85. The number of hydrogen-bond acceptors (Lipinski definition) is 4. The van der Waals surface area contributed by atoms with Crippen molar-refractivity contribution in [2.75, 3.05) is 12.4 Å². The summed E-state index contributed by atoms with van der Waals surface area (Å²) in [6.45, 7) is -0.0668. The van der Waals surface area contributed by atoms with Gasteiger partial charge in [0, 0.05) is 0 Å². The Kier molecular flexibility index (Phi) is 3.17. The standard InChI is InChI=1S/C11H12O5S/c12-11(13)9-10(8-4-2-1-3-5-8)17(14,15)7-6-16-9/h1-5,9-10H,6-7H2,(H,12,13). The van der Waals surface area contributed by atoms with Crippen molar-refractivity contribution in [1.29, 1.82) is 0 Å². The van der Waals surface area contributed by atoms with Crippen molar-refractivity contribution in [3.8, 4) is 0 Å². The molecule has 0 radical (unpaired) electrons. The highest BCUT2D eigenvalue weighted by atomic mass is 32.2. The highest BCUT2D eigenvalue weighted by molar-refractivity contribution is 7.91. The minimum Gasteiger partial charge on any atom is -0.479 e. The first-order chi connectivity index (χ1) is 8.02. The van der Waals surface area contributed by atoms with E-state index in [-0.39, 0.29) is 12.4 Å². The van der Waals surface area contributed by atoms with Gasteiger partial charge in [-0.25, -0.2) is 13.2 Å². The summed E-state index contributed by atoms with van der Waals surface area (Å²) in [4.78, 5) is 11.0. The molecule has 5 nitrogen and oxygen atoms in total. The second kappa shape index (κ2) is 4.46. The molecule has 1 aliphatic heterocycles. The highest BCUT2D eigenvalue weighted by Gasteiger charge is 2.43. The van der Waals surface area contributed by atoms with Crippen LogP contribution in [0.5, 0.6) is 0 Å². The van der Waals surface area contributed by atoms with Crippen molar-refractivity contribution in [3.63, 3.8) is 0 Å². The second-order valence-corrected chi connectivity index (χ2v) is 6.07. The molecule has 0 spiro atoms. The normalized spacial score (nSPS) is 27.5. The summed E-state index contributed by atoms with van der Waals surface area (Å²) in [5.41, 5.74) is 0.458. The highest BCUT2D eigenvalue weighted by Crippen LogP contribution is 2.32. The van der Waals surface area contributed by atoms with Crippen molar-refractivity contribution in [2.24, 2.45) is 0 Å². The average molecular weight is 256 g/mol. The van der Waals surface area contributed by atoms with Crippen molar-refractivity contribution >= 4 is 15.8 Å². The first kappa shape index (κ1) is 12.1. The van der Waals surface area contributed by atoms with Crippen molar-refractivity contribution in [2.45, 2.75) is 11.4 Å². The maximum Gasteiger partial charge on any atom is 0.334 e. The zero-order valence-electron chi connectivity index (χ0n) is 8.94. The topological polar surface area (TPSA) is 80.7 Å². The third-order valence-electron chi connectivity index (χ3n) is 2.70. The van der Waals surface area contributed by atoms with Crippen LogP contribution in [0, 0.1) is 0 Å². The molecule has 2 rings (SSSR count). The van der Waals surface area contributed by atoms with E-state index in [0.717, 1.165) is 0 Å². The van der Waals surface area contributed by atoms with Gasteiger partial charge in [-0.15, -0.1) is 0 Å². The second-order valence-electron chi connectivity index (χ2n) is 3.83. The Bertz CT molecular complexity index is 508. The van der Waals surface area contributed by atoms with Crippen LogP contribution < -0.4 is 0 Å². The number of carbonyl (C=O) groups is 1. The molecular weight excluding hydrogens is 244 g/mol. The van der Waals surface area contributed by atoms with E-state index in [2.05, 4.69) is 0 Å². The number of benzene rings is 1. The molecule has 1 fully saturated rings. The van der Waals surface area contributed by atoms with Crippen molar-refractivity contribution < 1.29 is 23.1 Å². The molecule has 6 heteroatoms. The maximum atomic E-state index is 12.0. The number of carboxylic acid groups (broad SMARTS) is 1. The molecule has 17 heavy (non-hydrogen) atoms.